The molecule has 0 unspecified atom stereocenters. The van der Waals surface area contributed by atoms with Crippen LogP contribution in [0.5, 0.6) is 0 Å². The van der Waals surface area contributed by atoms with Gasteiger partial charge in [0.25, 0.3) is 0 Å². The Labute approximate surface area is 106 Å². The fourth-order valence-electron chi connectivity index (χ4n) is 1.53. The molecule has 5 nitrogen and oxygen atoms in total. The molecule has 0 spiro atoms. The smallest absolute Gasteiger partial charge is 0.313 e. The van der Waals surface area contributed by atoms with Crippen LogP contribution in [0.2, 0.25) is 0 Å². The zero-order valence-electron chi connectivity index (χ0n) is 10.4. The van der Waals surface area contributed by atoms with E-state index in [1.807, 2.05) is 0 Å². The van der Waals surface area contributed by atoms with Crippen molar-refractivity contribution in [1.82, 2.24) is 0 Å². The molecule has 0 aliphatic carbocycles. The summed E-state index contributed by atoms with van der Waals surface area (Å²) in [5.41, 5.74) is 1.77. The minimum atomic E-state index is -0.531. The second-order valence-electron chi connectivity index (χ2n) is 3.60. The zero-order chi connectivity index (χ0) is 13.5. The third kappa shape index (κ3) is 3.41. The van der Waals surface area contributed by atoms with Gasteiger partial charge in [0.05, 0.1) is 6.61 Å². The summed E-state index contributed by atoms with van der Waals surface area (Å²) in [6, 6.07) is 4.92. The van der Waals surface area contributed by atoms with Crippen LogP contribution in [-0.2, 0) is 9.53 Å². The van der Waals surface area contributed by atoms with Crippen LogP contribution >= 0.6 is 0 Å². The molecule has 0 aliphatic heterocycles. The summed E-state index contributed by atoms with van der Waals surface area (Å²) in [4.78, 5) is 23.0. The Morgan fingerprint density at radius 2 is 2.17 bits per heavy atom. The van der Waals surface area contributed by atoms with E-state index in [1.165, 1.54) is 0 Å². The van der Waals surface area contributed by atoms with E-state index >= 15 is 0 Å². The van der Waals surface area contributed by atoms with E-state index in [9.17, 15) is 9.59 Å². The molecule has 0 heterocycles. The lowest BCUT2D eigenvalue weighted by molar-refractivity contribution is -0.141. The van der Waals surface area contributed by atoms with E-state index in [0.717, 1.165) is 11.9 Å². The number of ketones is 1. The first-order valence-corrected chi connectivity index (χ1v) is 5.63. The maximum absolute atomic E-state index is 11.8. The second kappa shape index (κ2) is 6.54. The van der Waals surface area contributed by atoms with Crippen LogP contribution in [0.25, 0.3) is 0 Å². The van der Waals surface area contributed by atoms with Crippen molar-refractivity contribution >= 4 is 23.7 Å². The summed E-state index contributed by atoms with van der Waals surface area (Å²) >= 11 is 0. The van der Waals surface area contributed by atoms with Crippen molar-refractivity contribution in [3.05, 3.63) is 29.3 Å². The van der Waals surface area contributed by atoms with Crippen molar-refractivity contribution in [2.24, 2.45) is 0 Å². The predicted molar refractivity (Wildman–Crippen MR) is 69.5 cm³/mol. The number of carbonyl (C=O) groups is 2. The lowest BCUT2D eigenvalue weighted by atomic mass is 10.0. The standard InChI is InChI=1S/C13H16N2O3/c1-3-18-13(17)7-12(16)9-4-5-11(15-2)10(6-9)8-14/h4-6,8,14-15H,3,7H2,1-2H3. The molecule has 2 N–H and O–H groups in total. The van der Waals surface area contributed by atoms with Crippen LogP contribution < -0.4 is 5.32 Å². The van der Waals surface area contributed by atoms with E-state index in [2.05, 4.69) is 5.32 Å². The van der Waals surface area contributed by atoms with Crippen LogP contribution in [0.1, 0.15) is 29.3 Å². The fourth-order valence-corrected chi connectivity index (χ4v) is 1.53. The Balaban J connectivity index is 2.86. The number of carbonyl (C=O) groups excluding carboxylic acids is 2. The van der Waals surface area contributed by atoms with Gasteiger partial charge in [0.1, 0.15) is 6.42 Å². The van der Waals surface area contributed by atoms with Gasteiger partial charge in [-0.1, -0.05) is 0 Å². The highest BCUT2D eigenvalue weighted by Crippen LogP contribution is 2.16. The quantitative estimate of drug-likeness (QED) is 0.348. The van der Waals surface area contributed by atoms with Crippen molar-refractivity contribution in [3.63, 3.8) is 0 Å². The average molecular weight is 248 g/mol. The number of ether oxygens (including phenoxy) is 1. The maximum atomic E-state index is 11.8. The number of Topliss-reactive ketones (excluding diaryl/α,β-unsaturated/α-hetero) is 1. The van der Waals surface area contributed by atoms with Crippen molar-refractivity contribution in [1.29, 1.82) is 5.41 Å². The Morgan fingerprint density at radius 3 is 2.72 bits per heavy atom. The van der Waals surface area contributed by atoms with Gasteiger partial charge in [0, 0.05) is 30.1 Å². The number of hydrogen-bond acceptors (Lipinski definition) is 5. The molecular weight excluding hydrogens is 232 g/mol. The van der Waals surface area contributed by atoms with Gasteiger partial charge in [0.2, 0.25) is 0 Å². The highest BCUT2D eigenvalue weighted by atomic mass is 16.5. The highest BCUT2D eigenvalue weighted by molar-refractivity contribution is 6.07. The molecule has 0 fully saturated rings. The zero-order valence-corrected chi connectivity index (χ0v) is 10.4. The van der Waals surface area contributed by atoms with Gasteiger partial charge in [-0.15, -0.1) is 0 Å². The van der Waals surface area contributed by atoms with E-state index in [4.69, 9.17) is 10.1 Å². The summed E-state index contributed by atoms with van der Waals surface area (Å²) in [7, 11) is 1.74. The van der Waals surface area contributed by atoms with Gasteiger partial charge in [0.15, 0.2) is 5.78 Å². The summed E-state index contributed by atoms with van der Waals surface area (Å²) in [6.07, 6.45) is 0.886. The van der Waals surface area contributed by atoms with E-state index in [1.54, 1.807) is 32.2 Å². The molecule has 0 amide bonds. The SMILES string of the molecule is CCOC(=O)CC(=O)c1ccc(NC)c(C=N)c1. The Morgan fingerprint density at radius 1 is 1.44 bits per heavy atom. The number of esters is 1. The lowest BCUT2D eigenvalue weighted by Crippen LogP contribution is -2.11. The van der Waals surface area contributed by atoms with Crippen LogP contribution in [0.3, 0.4) is 0 Å². The summed E-state index contributed by atoms with van der Waals surface area (Å²) in [6.45, 7) is 1.95. The number of hydrogen-bond donors (Lipinski definition) is 2. The van der Waals surface area contributed by atoms with Crippen LogP contribution in [0.4, 0.5) is 5.69 Å². The van der Waals surface area contributed by atoms with E-state index in [-0.39, 0.29) is 18.8 Å². The van der Waals surface area contributed by atoms with Gasteiger partial charge in [-0.2, -0.15) is 0 Å². The molecule has 0 saturated heterocycles. The Hall–Kier alpha value is -2.17. The van der Waals surface area contributed by atoms with Gasteiger partial charge in [-0.3, -0.25) is 9.59 Å². The molecule has 18 heavy (non-hydrogen) atoms. The third-order valence-electron chi connectivity index (χ3n) is 2.41. The Bertz CT molecular complexity index is 469. The fraction of sp³-hybridized carbons (Fsp3) is 0.308. The first-order valence-electron chi connectivity index (χ1n) is 5.63. The molecule has 0 aromatic heterocycles. The molecule has 1 rings (SSSR count). The highest BCUT2D eigenvalue weighted by Gasteiger charge is 2.13. The van der Waals surface area contributed by atoms with Crippen molar-refractivity contribution in [3.8, 4) is 0 Å². The molecule has 1 aromatic carbocycles. The number of nitrogens with one attached hydrogen (secondary N) is 2. The maximum Gasteiger partial charge on any atom is 0.313 e. The first-order chi connectivity index (χ1) is 8.62. The Kier molecular flexibility index (Phi) is 5.05. The predicted octanol–water partition coefficient (Wildman–Crippen LogP) is 1.86. The number of anilines is 1. The summed E-state index contributed by atoms with van der Waals surface area (Å²) in [5, 5.41) is 10.2. The largest absolute Gasteiger partial charge is 0.466 e. The van der Waals surface area contributed by atoms with Crippen molar-refractivity contribution < 1.29 is 14.3 Å². The average Bonchev–Trinajstić information content (AvgIpc) is 2.38. The molecule has 0 radical (unpaired) electrons. The molecule has 0 bridgehead atoms. The molecule has 0 atom stereocenters. The van der Waals surface area contributed by atoms with Crippen LogP contribution in [0.15, 0.2) is 18.2 Å². The first kappa shape index (κ1) is 13.9. The normalized spacial score (nSPS) is 9.67. The van der Waals surface area contributed by atoms with Crippen molar-refractivity contribution in [2.75, 3.05) is 19.0 Å². The number of benzene rings is 1. The van der Waals surface area contributed by atoms with Gasteiger partial charge in [-0.05, 0) is 25.1 Å². The van der Waals surface area contributed by atoms with Crippen LogP contribution in [0, 0.1) is 5.41 Å². The molecule has 1 aromatic rings. The third-order valence-corrected chi connectivity index (χ3v) is 2.41. The van der Waals surface area contributed by atoms with Crippen LogP contribution in [-0.4, -0.2) is 31.6 Å². The van der Waals surface area contributed by atoms with Gasteiger partial charge < -0.3 is 15.5 Å². The van der Waals surface area contributed by atoms with E-state index < -0.39 is 5.97 Å². The second-order valence-corrected chi connectivity index (χ2v) is 3.60. The lowest BCUT2D eigenvalue weighted by Gasteiger charge is -2.07. The topological polar surface area (TPSA) is 79.2 Å². The molecule has 0 aliphatic rings. The van der Waals surface area contributed by atoms with Crippen molar-refractivity contribution in [2.45, 2.75) is 13.3 Å². The molecule has 96 valence electrons. The molecule has 5 heteroatoms. The minimum absolute atomic E-state index is 0.260. The monoisotopic (exact) mass is 248 g/mol. The van der Waals surface area contributed by atoms with E-state index in [0.29, 0.717) is 11.1 Å². The number of rotatable bonds is 6. The summed E-state index contributed by atoms with van der Waals surface area (Å²) < 4.78 is 4.72. The molecule has 0 saturated carbocycles. The minimum Gasteiger partial charge on any atom is -0.466 e. The van der Waals surface area contributed by atoms with Gasteiger partial charge >= 0.3 is 5.97 Å². The van der Waals surface area contributed by atoms with Gasteiger partial charge in [-0.25, -0.2) is 0 Å². The molecular formula is C13H16N2O3. The summed E-state index contributed by atoms with van der Waals surface area (Å²) in [5.74, 6) is -0.837.